The van der Waals surface area contributed by atoms with E-state index in [0.717, 1.165) is 6.42 Å². The van der Waals surface area contributed by atoms with Gasteiger partial charge in [0.1, 0.15) is 5.78 Å². The minimum absolute atomic E-state index is 0.00401. The number of unbranched alkanes of at least 4 members (excludes halogenated alkanes) is 1. The molecule has 0 saturated heterocycles. The van der Waals surface area contributed by atoms with Crippen molar-refractivity contribution in [3.63, 3.8) is 0 Å². The Bertz CT molecular complexity index is 506. The first-order chi connectivity index (χ1) is 12.0. The van der Waals surface area contributed by atoms with Gasteiger partial charge in [0.15, 0.2) is 0 Å². The van der Waals surface area contributed by atoms with Crippen LogP contribution in [0.5, 0.6) is 0 Å². The standard InChI is InChI=1S/C20H30O5/c1-2-3-6-9-15(21)12-13-17-16(18(22)14-19(17)23)10-7-4-5-8-11-20(24)25/h3-4,6-7,12-13,15-18,21-22H,2,5,8-11,14H2,1H3,(H,24,25)/t15-,16+,17+,18-/m0/s1. The lowest BCUT2D eigenvalue weighted by Crippen LogP contribution is -2.19. The topological polar surface area (TPSA) is 94.8 Å². The maximum atomic E-state index is 12.1. The summed E-state index contributed by atoms with van der Waals surface area (Å²) in [6, 6.07) is 0. The molecule has 0 unspecified atom stereocenters. The third-order valence-corrected chi connectivity index (χ3v) is 4.39. The first-order valence-electron chi connectivity index (χ1n) is 9.04. The molecule has 3 N–H and O–H groups in total. The van der Waals surface area contributed by atoms with Crippen LogP contribution in [-0.2, 0) is 9.59 Å². The molecule has 5 heteroatoms. The van der Waals surface area contributed by atoms with Crippen molar-refractivity contribution >= 4 is 11.8 Å². The van der Waals surface area contributed by atoms with Crippen molar-refractivity contribution in [1.29, 1.82) is 0 Å². The highest BCUT2D eigenvalue weighted by Crippen LogP contribution is 2.33. The summed E-state index contributed by atoms with van der Waals surface area (Å²) in [4.78, 5) is 22.5. The molecule has 1 fully saturated rings. The average molecular weight is 350 g/mol. The highest BCUT2D eigenvalue weighted by atomic mass is 16.4. The summed E-state index contributed by atoms with van der Waals surface area (Å²) in [5.74, 6) is -1.35. The number of aliphatic hydroxyl groups is 2. The monoisotopic (exact) mass is 350 g/mol. The van der Waals surface area contributed by atoms with E-state index in [1.165, 1.54) is 0 Å². The fourth-order valence-electron chi connectivity index (χ4n) is 3.00. The number of carboxylic acids is 1. The average Bonchev–Trinajstić information content (AvgIpc) is 2.82. The molecule has 0 heterocycles. The number of hydrogen-bond donors (Lipinski definition) is 3. The van der Waals surface area contributed by atoms with Gasteiger partial charge in [-0.3, -0.25) is 9.59 Å². The molecule has 4 atom stereocenters. The van der Waals surface area contributed by atoms with Gasteiger partial charge in [0.05, 0.1) is 12.2 Å². The normalized spacial score (nSPS) is 25.6. The first kappa shape index (κ1) is 21.3. The zero-order valence-electron chi connectivity index (χ0n) is 14.9. The largest absolute Gasteiger partial charge is 0.481 e. The second-order valence-electron chi connectivity index (χ2n) is 6.49. The van der Waals surface area contributed by atoms with Crippen LogP contribution in [-0.4, -0.2) is 39.3 Å². The van der Waals surface area contributed by atoms with E-state index >= 15 is 0 Å². The minimum atomic E-state index is -0.803. The van der Waals surface area contributed by atoms with Gasteiger partial charge in [-0.1, -0.05) is 43.4 Å². The van der Waals surface area contributed by atoms with E-state index in [4.69, 9.17) is 5.11 Å². The zero-order chi connectivity index (χ0) is 18.7. The van der Waals surface area contributed by atoms with Gasteiger partial charge < -0.3 is 15.3 Å². The number of hydrogen-bond acceptors (Lipinski definition) is 4. The molecular formula is C20H30O5. The van der Waals surface area contributed by atoms with Crippen LogP contribution in [0.4, 0.5) is 0 Å². The Kier molecular flexibility index (Phi) is 10.0. The lowest BCUT2D eigenvalue weighted by molar-refractivity contribution is -0.137. The number of carbonyl (C=O) groups excluding carboxylic acids is 1. The van der Waals surface area contributed by atoms with Crippen LogP contribution in [0, 0.1) is 11.8 Å². The summed E-state index contributed by atoms with van der Waals surface area (Å²) >= 11 is 0. The van der Waals surface area contributed by atoms with Gasteiger partial charge in [-0.2, -0.15) is 0 Å². The Balaban J connectivity index is 2.52. The van der Waals surface area contributed by atoms with Crippen molar-refractivity contribution in [1.82, 2.24) is 0 Å². The highest BCUT2D eigenvalue weighted by molar-refractivity contribution is 5.86. The molecule has 1 saturated carbocycles. The van der Waals surface area contributed by atoms with E-state index in [1.54, 1.807) is 12.2 Å². The van der Waals surface area contributed by atoms with Crippen LogP contribution >= 0.6 is 0 Å². The van der Waals surface area contributed by atoms with Crippen molar-refractivity contribution in [3.8, 4) is 0 Å². The number of carbonyl (C=O) groups is 2. The number of aliphatic hydroxyl groups excluding tert-OH is 2. The molecule has 0 spiro atoms. The molecule has 0 aromatic carbocycles. The summed E-state index contributed by atoms with van der Waals surface area (Å²) in [6.45, 7) is 2.02. The number of aliphatic carboxylic acids is 1. The van der Waals surface area contributed by atoms with Gasteiger partial charge in [0.2, 0.25) is 0 Å². The van der Waals surface area contributed by atoms with Gasteiger partial charge >= 0.3 is 5.97 Å². The summed E-state index contributed by atoms with van der Waals surface area (Å²) in [7, 11) is 0. The van der Waals surface area contributed by atoms with Crippen LogP contribution < -0.4 is 0 Å². The number of rotatable bonds is 11. The maximum Gasteiger partial charge on any atom is 0.303 e. The number of Topliss-reactive ketones (excluding diaryl/α,β-unsaturated/α-hetero) is 1. The van der Waals surface area contributed by atoms with E-state index in [2.05, 4.69) is 0 Å². The van der Waals surface area contributed by atoms with Crippen molar-refractivity contribution < 1.29 is 24.9 Å². The fraction of sp³-hybridized carbons (Fsp3) is 0.600. The Morgan fingerprint density at radius 1 is 1.28 bits per heavy atom. The predicted molar refractivity (Wildman–Crippen MR) is 97.0 cm³/mol. The first-order valence-corrected chi connectivity index (χ1v) is 9.04. The van der Waals surface area contributed by atoms with Crippen LogP contribution in [0.15, 0.2) is 36.5 Å². The Labute approximate surface area is 149 Å². The Hall–Kier alpha value is -1.72. The third kappa shape index (κ3) is 8.27. The summed E-state index contributed by atoms with van der Waals surface area (Å²) in [6.07, 6.45) is 13.4. The van der Waals surface area contributed by atoms with Crippen LogP contribution in [0.3, 0.4) is 0 Å². The lowest BCUT2D eigenvalue weighted by atomic mass is 9.90. The van der Waals surface area contributed by atoms with Crippen LogP contribution in [0.1, 0.15) is 51.9 Å². The highest BCUT2D eigenvalue weighted by Gasteiger charge is 2.39. The Morgan fingerprint density at radius 2 is 2.04 bits per heavy atom. The SMILES string of the molecule is CCC=CC[C@H](O)C=C[C@H]1C(=O)C[C@H](O)[C@@H]1CC=CCCCC(=O)O. The van der Waals surface area contributed by atoms with Crippen molar-refractivity contribution in [3.05, 3.63) is 36.5 Å². The maximum absolute atomic E-state index is 12.1. The van der Waals surface area contributed by atoms with Gasteiger partial charge in [-0.15, -0.1) is 0 Å². The fourth-order valence-corrected chi connectivity index (χ4v) is 3.00. The smallest absolute Gasteiger partial charge is 0.303 e. The second-order valence-corrected chi connectivity index (χ2v) is 6.49. The molecule has 0 aromatic rings. The number of ketones is 1. The summed E-state index contributed by atoms with van der Waals surface area (Å²) < 4.78 is 0. The molecule has 0 radical (unpaired) electrons. The molecule has 0 aliphatic heterocycles. The molecular weight excluding hydrogens is 320 g/mol. The second kappa shape index (κ2) is 11.8. The van der Waals surface area contributed by atoms with Crippen molar-refractivity contribution in [2.75, 3.05) is 0 Å². The number of allylic oxidation sites excluding steroid dienone is 4. The lowest BCUT2D eigenvalue weighted by Gasteiger charge is -2.17. The molecule has 1 aliphatic rings. The van der Waals surface area contributed by atoms with Gasteiger partial charge in [0.25, 0.3) is 0 Å². The molecule has 5 nitrogen and oxygen atoms in total. The Morgan fingerprint density at radius 3 is 2.72 bits per heavy atom. The molecule has 140 valence electrons. The summed E-state index contributed by atoms with van der Waals surface area (Å²) in [5.41, 5.74) is 0. The van der Waals surface area contributed by atoms with E-state index in [-0.39, 0.29) is 30.5 Å². The van der Waals surface area contributed by atoms with Gasteiger partial charge in [-0.05, 0) is 32.1 Å². The van der Waals surface area contributed by atoms with Crippen molar-refractivity contribution in [2.24, 2.45) is 11.8 Å². The summed E-state index contributed by atoms with van der Waals surface area (Å²) in [5, 5.41) is 28.6. The van der Waals surface area contributed by atoms with Crippen LogP contribution in [0.25, 0.3) is 0 Å². The van der Waals surface area contributed by atoms with Gasteiger partial charge in [0, 0.05) is 24.7 Å². The molecule has 25 heavy (non-hydrogen) atoms. The molecule has 1 rings (SSSR count). The minimum Gasteiger partial charge on any atom is -0.481 e. The molecule has 0 aromatic heterocycles. The van der Waals surface area contributed by atoms with E-state index in [9.17, 15) is 19.8 Å². The quantitative estimate of drug-likeness (QED) is 0.393. The van der Waals surface area contributed by atoms with E-state index in [0.29, 0.717) is 25.7 Å². The van der Waals surface area contributed by atoms with E-state index in [1.807, 2.05) is 31.2 Å². The zero-order valence-corrected chi connectivity index (χ0v) is 14.9. The van der Waals surface area contributed by atoms with Crippen LogP contribution in [0.2, 0.25) is 0 Å². The number of carboxylic acid groups (broad SMARTS) is 1. The molecule has 0 amide bonds. The molecule has 0 bridgehead atoms. The van der Waals surface area contributed by atoms with Gasteiger partial charge in [-0.25, -0.2) is 0 Å². The molecule has 1 aliphatic carbocycles. The van der Waals surface area contributed by atoms with E-state index < -0.39 is 18.2 Å². The predicted octanol–water partition coefficient (Wildman–Crippen LogP) is 3.03. The van der Waals surface area contributed by atoms with Crippen molar-refractivity contribution in [2.45, 2.75) is 64.1 Å². The third-order valence-electron chi connectivity index (χ3n) is 4.39.